The highest BCUT2D eigenvalue weighted by molar-refractivity contribution is 6.03. The van der Waals surface area contributed by atoms with E-state index in [2.05, 4.69) is 4.98 Å². The Morgan fingerprint density at radius 1 is 1.30 bits per heavy atom. The van der Waals surface area contributed by atoms with E-state index in [0.717, 1.165) is 36.8 Å². The predicted molar refractivity (Wildman–Crippen MR) is 75.6 cm³/mol. The Labute approximate surface area is 117 Å². The van der Waals surface area contributed by atoms with Gasteiger partial charge >= 0.3 is 5.97 Å². The summed E-state index contributed by atoms with van der Waals surface area (Å²) in [6.07, 6.45) is 4.88. The molecule has 0 N–H and O–H groups in total. The molecule has 1 atom stereocenters. The molecule has 0 radical (unpaired) electrons. The number of esters is 1. The van der Waals surface area contributed by atoms with Crippen molar-refractivity contribution in [3.05, 3.63) is 42.1 Å². The van der Waals surface area contributed by atoms with Gasteiger partial charge in [-0.25, -0.2) is 4.79 Å². The molecule has 1 aromatic heterocycles. The van der Waals surface area contributed by atoms with Gasteiger partial charge in [-0.3, -0.25) is 4.98 Å². The molecule has 1 fully saturated rings. The van der Waals surface area contributed by atoms with Crippen LogP contribution >= 0.6 is 0 Å². The van der Waals surface area contributed by atoms with Crippen LogP contribution in [-0.2, 0) is 9.47 Å². The number of carbonyl (C=O) groups excluding carboxylic acids is 1. The number of para-hydroxylation sites is 1. The smallest absolute Gasteiger partial charge is 0.338 e. The van der Waals surface area contributed by atoms with Crippen LogP contribution in [0.3, 0.4) is 0 Å². The second-order valence-corrected chi connectivity index (χ2v) is 4.96. The van der Waals surface area contributed by atoms with E-state index in [1.165, 1.54) is 0 Å². The lowest BCUT2D eigenvalue weighted by molar-refractivity contribution is -0.0299. The number of fused-ring (bicyclic) bond motifs is 1. The van der Waals surface area contributed by atoms with Crippen LogP contribution in [0.5, 0.6) is 0 Å². The summed E-state index contributed by atoms with van der Waals surface area (Å²) in [6, 6.07) is 9.27. The summed E-state index contributed by atoms with van der Waals surface area (Å²) in [7, 11) is 0. The maximum Gasteiger partial charge on any atom is 0.338 e. The number of rotatable bonds is 3. The van der Waals surface area contributed by atoms with Gasteiger partial charge in [-0.2, -0.15) is 0 Å². The number of ether oxygens (including phenoxy) is 2. The van der Waals surface area contributed by atoms with E-state index in [1.54, 1.807) is 12.3 Å². The summed E-state index contributed by atoms with van der Waals surface area (Å²) in [4.78, 5) is 16.4. The SMILES string of the molecule is O=C(OCC1CCCCO1)c1ccnc2ccccc12. The van der Waals surface area contributed by atoms with Gasteiger partial charge in [0.05, 0.1) is 17.2 Å². The second kappa shape index (κ2) is 6.01. The van der Waals surface area contributed by atoms with E-state index in [-0.39, 0.29) is 12.1 Å². The highest BCUT2D eigenvalue weighted by Gasteiger charge is 2.18. The maximum atomic E-state index is 12.2. The lowest BCUT2D eigenvalue weighted by atomic mass is 10.1. The molecule has 104 valence electrons. The van der Waals surface area contributed by atoms with Gasteiger partial charge in [-0.15, -0.1) is 0 Å². The lowest BCUT2D eigenvalue weighted by Crippen LogP contribution is -2.26. The zero-order valence-electron chi connectivity index (χ0n) is 11.2. The first-order chi connectivity index (χ1) is 9.84. The van der Waals surface area contributed by atoms with Crippen molar-refractivity contribution in [3.8, 4) is 0 Å². The van der Waals surface area contributed by atoms with Crippen LogP contribution in [0.25, 0.3) is 10.9 Å². The van der Waals surface area contributed by atoms with Crippen LogP contribution < -0.4 is 0 Å². The van der Waals surface area contributed by atoms with Crippen molar-refractivity contribution >= 4 is 16.9 Å². The minimum Gasteiger partial charge on any atom is -0.459 e. The van der Waals surface area contributed by atoms with Gasteiger partial charge < -0.3 is 9.47 Å². The fraction of sp³-hybridized carbons (Fsp3) is 0.375. The summed E-state index contributed by atoms with van der Waals surface area (Å²) in [5, 5.41) is 0.824. The molecule has 1 aromatic carbocycles. The summed E-state index contributed by atoms with van der Waals surface area (Å²) < 4.78 is 10.9. The van der Waals surface area contributed by atoms with E-state index in [0.29, 0.717) is 12.2 Å². The van der Waals surface area contributed by atoms with Gasteiger partial charge in [0.2, 0.25) is 0 Å². The summed E-state index contributed by atoms with van der Waals surface area (Å²) >= 11 is 0. The number of carbonyl (C=O) groups is 1. The van der Waals surface area contributed by atoms with Crippen molar-refractivity contribution in [1.29, 1.82) is 0 Å². The topological polar surface area (TPSA) is 48.4 Å². The van der Waals surface area contributed by atoms with E-state index in [1.807, 2.05) is 24.3 Å². The fourth-order valence-electron chi connectivity index (χ4n) is 2.46. The zero-order chi connectivity index (χ0) is 13.8. The normalized spacial score (nSPS) is 18.9. The Morgan fingerprint density at radius 2 is 2.20 bits per heavy atom. The molecular formula is C16H17NO3. The molecule has 3 rings (SSSR count). The number of aromatic nitrogens is 1. The highest BCUT2D eigenvalue weighted by atomic mass is 16.6. The number of benzene rings is 1. The molecule has 0 spiro atoms. The molecule has 1 saturated heterocycles. The van der Waals surface area contributed by atoms with Crippen molar-refractivity contribution in [2.75, 3.05) is 13.2 Å². The third-order valence-electron chi connectivity index (χ3n) is 3.54. The third kappa shape index (κ3) is 2.80. The Morgan fingerprint density at radius 3 is 3.05 bits per heavy atom. The number of nitrogens with zero attached hydrogens (tertiary/aromatic N) is 1. The molecular weight excluding hydrogens is 254 g/mol. The number of hydrogen-bond donors (Lipinski definition) is 0. The van der Waals surface area contributed by atoms with Gasteiger partial charge in [0.1, 0.15) is 6.61 Å². The Bertz CT molecular complexity index is 600. The van der Waals surface area contributed by atoms with Crippen LogP contribution in [0.1, 0.15) is 29.6 Å². The highest BCUT2D eigenvalue weighted by Crippen LogP contribution is 2.18. The quantitative estimate of drug-likeness (QED) is 0.805. The molecule has 1 unspecified atom stereocenters. The van der Waals surface area contributed by atoms with E-state index in [9.17, 15) is 4.79 Å². The molecule has 0 bridgehead atoms. The van der Waals surface area contributed by atoms with Gasteiger partial charge in [0.25, 0.3) is 0 Å². The van der Waals surface area contributed by atoms with Crippen LogP contribution in [0, 0.1) is 0 Å². The van der Waals surface area contributed by atoms with Crippen molar-refractivity contribution in [2.45, 2.75) is 25.4 Å². The van der Waals surface area contributed by atoms with E-state index < -0.39 is 0 Å². The molecule has 1 aliphatic rings. The zero-order valence-corrected chi connectivity index (χ0v) is 11.2. The molecule has 1 aliphatic heterocycles. The van der Waals surface area contributed by atoms with Gasteiger partial charge in [-0.1, -0.05) is 18.2 Å². The van der Waals surface area contributed by atoms with Crippen molar-refractivity contribution in [1.82, 2.24) is 4.98 Å². The van der Waals surface area contributed by atoms with Crippen LogP contribution in [-0.4, -0.2) is 30.3 Å². The Hall–Kier alpha value is -1.94. The molecule has 0 saturated carbocycles. The van der Waals surface area contributed by atoms with Crippen molar-refractivity contribution < 1.29 is 14.3 Å². The molecule has 0 aliphatic carbocycles. The third-order valence-corrected chi connectivity index (χ3v) is 3.54. The van der Waals surface area contributed by atoms with E-state index >= 15 is 0 Å². The van der Waals surface area contributed by atoms with Crippen LogP contribution in [0.15, 0.2) is 36.5 Å². The average molecular weight is 271 g/mol. The first kappa shape index (κ1) is 13.1. The number of hydrogen-bond acceptors (Lipinski definition) is 4. The first-order valence-corrected chi connectivity index (χ1v) is 6.97. The standard InChI is InChI=1S/C16H17NO3/c18-16(20-11-12-5-3-4-10-19-12)14-8-9-17-15-7-2-1-6-13(14)15/h1-2,6-9,12H,3-5,10-11H2. The molecule has 4 nitrogen and oxygen atoms in total. The Kier molecular flexibility index (Phi) is 3.92. The average Bonchev–Trinajstić information content (AvgIpc) is 2.53. The number of pyridine rings is 1. The van der Waals surface area contributed by atoms with Gasteiger partial charge in [0.15, 0.2) is 0 Å². The largest absolute Gasteiger partial charge is 0.459 e. The molecule has 2 heterocycles. The monoisotopic (exact) mass is 271 g/mol. The summed E-state index contributed by atoms with van der Waals surface area (Å²) in [6.45, 7) is 1.09. The minimum atomic E-state index is -0.308. The molecule has 2 aromatic rings. The molecule has 4 heteroatoms. The van der Waals surface area contributed by atoms with Gasteiger partial charge in [-0.05, 0) is 31.4 Å². The molecule has 20 heavy (non-hydrogen) atoms. The van der Waals surface area contributed by atoms with Crippen molar-refractivity contribution in [2.24, 2.45) is 0 Å². The van der Waals surface area contributed by atoms with E-state index in [4.69, 9.17) is 9.47 Å². The lowest BCUT2D eigenvalue weighted by Gasteiger charge is -2.22. The maximum absolute atomic E-state index is 12.2. The fourth-order valence-corrected chi connectivity index (χ4v) is 2.46. The summed E-state index contributed by atoms with van der Waals surface area (Å²) in [5.74, 6) is -0.308. The Balaban J connectivity index is 1.72. The molecule has 0 amide bonds. The predicted octanol–water partition coefficient (Wildman–Crippen LogP) is 2.96. The first-order valence-electron chi connectivity index (χ1n) is 6.97. The second-order valence-electron chi connectivity index (χ2n) is 4.96. The van der Waals surface area contributed by atoms with Crippen molar-refractivity contribution in [3.63, 3.8) is 0 Å². The van der Waals surface area contributed by atoms with Crippen LogP contribution in [0.4, 0.5) is 0 Å². The minimum absolute atomic E-state index is 0.0424. The summed E-state index contributed by atoms with van der Waals surface area (Å²) in [5.41, 5.74) is 1.36. The van der Waals surface area contributed by atoms with Gasteiger partial charge in [0, 0.05) is 18.2 Å². The van der Waals surface area contributed by atoms with Crippen LogP contribution in [0.2, 0.25) is 0 Å².